The number of nitrogens with zero attached hydrogens (tertiary/aromatic N) is 1. The van der Waals surface area contributed by atoms with Gasteiger partial charge in [0.25, 0.3) is 10.0 Å². The van der Waals surface area contributed by atoms with Crippen molar-refractivity contribution >= 4 is 63.8 Å². The average Bonchev–Trinajstić information content (AvgIpc) is 2.46. The number of anilines is 3. The van der Waals surface area contributed by atoms with Crippen molar-refractivity contribution in [3.63, 3.8) is 0 Å². The molecule has 0 aliphatic heterocycles. The fourth-order valence-electron chi connectivity index (χ4n) is 1.67. The summed E-state index contributed by atoms with van der Waals surface area (Å²) in [6.07, 6.45) is 0. The van der Waals surface area contributed by atoms with Crippen LogP contribution in [0.2, 0.25) is 5.02 Å². The molecule has 0 amide bonds. The van der Waals surface area contributed by atoms with E-state index in [1.807, 2.05) is 0 Å². The standard InChI is InChI=1S/C13H15ClN4O2S.2ClH/c1-15-12-7-10(8-13(16-2)17-12)18-21(19,20)11-5-3-9(14)4-6-11;;/h3-8H,1-2H3,(H3,15,16,17,18);2*1H. The number of halogens is 3. The third-order valence-corrected chi connectivity index (χ3v) is 4.36. The van der Waals surface area contributed by atoms with E-state index in [9.17, 15) is 8.42 Å². The number of sulfonamides is 1. The Morgan fingerprint density at radius 1 is 0.957 bits per heavy atom. The Bertz CT molecular complexity index is 717. The van der Waals surface area contributed by atoms with E-state index in [0.29, 0.717) is 22.3 Å². The van der Waals surface area contributed by atoms with E-state index in [4.69, 9.17) is 11.6 Å². The summed E-state index contributed by atoms with van der Waals surface area (Å²) in [7, 11) is -0.257. The number of aromatic nitrogens is 1. The summed E-state index contributed by atoms with van der Waals surface area (Å²) >= 11 is 5.76. The predicted octanol–water partition coefficient (Wildman–Crippen LogP) is 3.46. The zero-order valence-corrected chi connectivity index (χ0v) is 15.5. The molecule has 10 heteroatoms. The van der Waals surface area contributed by atoms with Crippen LogP contribution in [-0.4, -0.2) is 27.5 Å². The van der Waals surface area contributed by atoms with Crippen molar-refractivity contribution in [1.82, 2.24) is 4.98 Å². The second-order valence-corrected chi connectivity index (χ2v) is 6.30. The summed E-state index contributed by atoms with van der Waals surface area (Å²) in [5.41, 5.74) is 0.411. The number of rotatable bonds is 5. The molecule has 0 spiro atoms. The second kappa shape index (κ2) is 9.02. The molecule has 2 aromatic rings. The predicted molar refractivity (Wildman–Crippen MR) is 100 cm³/mol. The zero-order chi connectivity index (χ0) is 15.5. The van der Waals surface area contributed by atoms with E-state index in [2.05, 4.69) is 20.3 Å². The smallest absolute Gasteiger partial charge is 0.261 e. The molecule has 23 heavy (non-hydrogen) atoms. The number of hydrogen-bond donors (Lipinski definition) is 3. The van der Waals surface area contributed by atoms with Gasteiger partial charge in [0.2, 0.25) is 0 Å². The molecule has 0 saturated heterocycles. The monoisotopic (exact) mass is 398 g/mol. The first-order chi connectivity index (χ1) is 9.94. The fourth-order valence-corrected chi connectivity index (χ4v) is 2.84. The Balaban J connectivity index is 0.00000242. The summed E-state index contributed by atoms with van der Waals surface area (Å²) < 4.78 is 27.1. The molecule has 0 bridgehead atoms. The molecular weight excluding hydrogens is 383 g/mol. The van der Waals surface area contributed by atoms with Crippen molar-refractivity contribution in [3.05, 3.63) is 41.4 Å². The summed E-state index contributed by atoms with van der Waals surface area (Å²) in [5, 5.41) is 6.22. The Morgan fingerprint density at radius 3 is 1.87 bits per heavy atom. The Labute approximate surface area is 152 Å². The molecule has 0 aliphatic rings. The van der Waals surface area contributed by atoms with Crippen molar-refractivity contribution in [2.24, 2.45) is 0 Å². The maximum atomic E-state index is 12.3. The number of hydrogen-bond acceptors (Lipinski definition) is 5. The van der Waals surface area contributed by atoms with Gasteiger partial charge in [-0.1, -0.05) is 11.6 Å². The number of benzene rings is 1. The van der Waals surface area contributed by atoms with Crippen LogP contribution in [0.25, 0.3) is 0 Å². The lowest BCUT2D eigenvalue weighted by atomic mass is 10.4. The van der Waals surface area contributed by atoms with E-state index in [1.54, 1.807) is 26.2 Å². The van der Waals surface area contributed by atoms with E-state index in [0.717, 1.165) is 0 Å². The van der Waals surface area contributed by atoms with Gasteiger partial charge in [-0.05, 0) is 24.3 Å². The van der Waals surface area contributed by atoms with E-state index in [-0.39, 0.29) is 29.7 Å². The van der Waals surface area contributed by atoms with Gasteiger partial charge in [-0.2, -0.15) is 0 Å². The molecular formula is C13H17Cl3N4O2S. The molecule has 1 aromatic heterocycles. The van der Waals surface area contributed by atoms with Crippen molar-refractivity contribution in [3.8, 4) is 0 Å². The van der Waals surface area contributed by atoms with Gasteiger partial charge in [0.15, 0.2) is 0 Å². The molecule has 0 atom stereocenters. The Morgan fingerprint density at radius 2 is 1.43 bits per heavy atom. The first kappa shape index (κ1) is 21.6. The normalized spacial score (nSPS) is 10.0. The maximum Gasteiger partial charge on any atom is 0.261 e. The Kier molecular flexibility index (Phi) is 8.47. The summed E-state index contributed by atoms with van der Waals surface area (Å²) in [5.74, 6) is 1.10. The van der Waals surface area contributed by atoms with Gasteiger partial charge < -0.3 is 10.6 Å². The largest absolute Gasteiger partial charge is 0.373 e. The van der Waals surface area contributed by atoms with Crippen LogP contribution >= 0.6 is 36.4 Å². The molecule has 0 saturated carbocycles. The van der Waals surface area contributed by atoms with Gasteiger partial charge in [-0.25, -0.2) is 13.4 Å². The lowest BCUT2D eigenvalue weighted by molar-refractivity contribution is 0.601. The van der Waals surface area contributed by atoms with Crippen LogP contribution in [0, 0.1) is 0 Å². The molecule has 1 heterocycles. The first-order valence-electron chi connectivity index (χ1n) is 6.10. The van der Waals surface area contributed by atoms with Crippen LogP contribution < -0.4 is 15.4 Å². The quantitative estimate of drug-likeness (QED) is 0.717. The highest BCUT2D eigenvalue weighted by atomic mass is 35.5. The van der Waals surface area contributed by atoms with Crippen LogP contribution in [0.5, 0.6) is 0 Å². The van der Waals surface area contributed by atoms with E-state index >= 15 is 0 Å². The van der Waals surface area contributed by atoms with Gasteiger partial charge in [0.1, 0.15) is 11.6 Å². The van der Waals surface area contributed by atoms with Gasteiger partial charge in [0.05, 0.1) is 10.6 Å². The van der Waals surface area contributed by atoms with Crippen LogP contribution in [0.1, 0.15) is 0 Å². The first-order valence-corrected chi connectivity index (χ1v) is 7.96. The van der Waals surface area contributed by atoms with E-state index < -0.39 is 10.0 Å². The minimum atomic E-state index is -3.67. The third-order valence-electron chi connectivity index (χ3n) is 2.71. The Hall–Kier alpha value is -1.41. The molecule has 0 aliphatic carbocycles. The number of nitrogens with one attached hydrogen (secondary N) is 3. The van der Waals surface area contributed by atoms with Gasteiger partial charge >= 0.3 is 0 Å². The van der Waals surface area contributed by atoms with E-state index in [1.165, 1.54) is 24.3 Å². The molecule has 3 N–H and O–H groups in total. The van der Waals surface area contributed by atoms with Crippen LogP contribution in [0.15, 0.2) is 41.3 Å². The summed E-state index contributed by atoms with van der Waals surface area (Å²) in [6, 6.07) is 9.16. The molecule has 1 aromatic carbocycles. The topological polar surface area (TPSA) is 83.1 Å². The molecule has 128 valence electrons. The lowest BCUT2D eigenvalue weighted by Gasteiger charge is -2.11. The van der Waals surface area contributed by atoms with Gasteiger partial charge in [-0.3, -0.25) is 4.72 Å². The number of pyridine rings is 1. The zero-order valence-electron chi connectivity index (χ0n) is 12.3. The highest BCUT2D eigenvalue weighted by Crippen LogP contribution is 2.22. The van der Waals surface area contributed by atoms with Gasteiger partial charge in [-0.15, -0.1) is 24.8 Å². The maximum absolute atomic E-state index is 12.3. The summed E-state index contributed by atoms with van der Waals surface area (Å²) in [6.45, 7) is 0. The molecule has 0 radical (unpaired) electrons. The van der Waals surface area contributed by atoms with Gasteiger partial charge in [0, 0.05) is 31.3 Å². The molecule has 6 nitrogen and oxygen atoms in total. The fraction of sp³-hybridized carbons (Fsp3) is 0.154. The SMILES string of the molecule is CNc1cc(NS(=O)(=O)c2ccc(Cl)cc2)cc(NC)n1.Cl.Cl. The van der Waals surface area contributed by atoms with Crippen LogP contribution in [0.3, 0.4) is 0 Å². The lowest BCUT2D eigenvalue weighted by Crippen LogP contribution is -2.13. The minimum Gasteiger partial charge on any atom is -0.373 e. The van der Waals surface area contributed by atoms with Crippen LogP contribution in [-0.2, 0) is 10.0 Å². The second-order valence-electron chi connectivity index (χ2n) is 4.19. The molecule has 0 fully saturated rings. The highest BCUT2D eigenvalue weighted by Gasteiger charge is 2.15. The van der Waals surface area contributed by atoms with Crippen molar-refractivity contribution in [1.29, 1.82) is 0 Å². The molecule has 2 rings (SSSR count). The minimum absolute atomic E-state index is 0. The highest BCUT2D eigenvalue weighted by molar-refractivity contribution is 7.92. The average molecular weight is 400 g/mol. The van der Waals surface area contributed by atoms with Crippen molar-refractivity contribution in [2.75, 3.05) is 29.5 Å². The molecule has 0 unspecified atom stereocenters. The van der Waals surface area contributed by atoms with Crippen molar-refractivity contribution in [2.45, 2.75) is 4.90 Å². The third kappa shape index (κ3) is 5.62. The van der Waals surface area contributed by atoms with Crippen molar-refractivity contribution < 1.29 is 8.42 Å². The van der Waals surface area contributed by atoms with Crippen LogP contribution in [0.4, 0.5) is 17.3 Å². The summed E-state index contributed by atoms with van der Waals surface area (Å²) in [4.78, 5) is 4.35.